The third-order valence-corrected chi connectivity index (χ3v) is 5.77. The summed E-state index contributed by atoms with van der Waals surface area (Å²) in [5, 5.41) is 4.39. The Hall–Kier alpha value is -3.81. The summed E-state index contributed by atoms with van der Waals surface area (Å²) in [4.78, 5) is 3.27. The molecule has 0 aromatic heterocycles. The molecule has 0 saturated carbocycles. The molecule has 29 heavy (non-hydrogen) atoms. The molecule has 0 unspecified atom stereocenters. The first-order valence-corrected chi connectivity index (χ1v) is 9.72. The lowest BCUT2D eigenvalue weighted by Crippen LogP contribution is -2.25. The lowest BCUT2D eigenvalue weighted by atomic mass is 9.82. The van der Waals surface area contributed by atoms with Crippen molar-refractivity contribution in [3.8, 4) is 22.3 Å². The van der Waals surface area contributed by atoms with Crippen molar-refractivity contribution in [1.82, 2.24) is 0 Å². The summed E-state index contributed by atoms with van der Waals surface area (Å²) in [5.74, 6) is 0. The largest absolute Gasteiger partial charge is 0.104 e. The Bertz CT molecular complexity index is 1170. The molecule has 0 fully saturated rings. The number of rotatable bonds is 4. The van der Waals surface area contributed by atoms with Crippen LogP contribution >= 0.6 is 0 Å². The minimum absolute atomic E-state index is 0.625. The second-order valence-electron chi connectivity index (χ2n) is 7.38. The normalized spacial score (nSPS) is 13.2. The molecule has 1 aliphatic rings. The van der Waals surface area contributed by atoms with Gasteiger partial charge in [0.05, 0.1) is 0 Å². The van der Waals surface area contributed by atoms with Gasteiger partial charge in [-0.05, 0) is 50.9 Å². The monoisotopic (exact) mass is 373 g/mol. The number of fused-ring (bicyclic) bond motifs is 3. The number of benzene rings is 4. The van der Waals surface area contributed by atoms with E-state index in [0.717, 1.165) is 27.8 Å². The molecule has 0 aliphatic heterocycles. The molecule has 5 rings (SSSR count). The Kier molecular flexibility index (Phi) is 4.16. The highest BCUT2D eigenvalue weighted by molar-refractivity contribution is 5.81. The van der Waals surface area contributed by atoms with Crippen LogP contribution in [0.25, 0.3) is 32.7 Å². The van der Waals surface area contributed by atoms with Gasteiger partial charge in [-0.25, -0.2) is 0 Å². The number of hydrogen-bond donors (Lipinski definition) is 0. The molecular weight excluding hydrogens is 354 g/mol. The van der Waals surface area contributed by atoms with Gasteiger partial charge in [0.2, 0.25) is 0 Å². The lowest BCUT2D eigenvalue weighted by Gasteiger charge is -2.27. The van der Waals surface area contributed by atoms with Crippen LogP contribution < -0.4 is 0 Å². The molecule has 3 nitrogen and oxygen atoms in total. The molecule has 0 amide bonds. The van der Waals surface area contributed by atoms with Crippen molar-refractivity contribution < 1.29 is 0 Å². The smallest absolute Gasteiger partial charge is 0.0774 e. The summed E-state index contributed by atoms with van der Waals surface area (Å²) in [6, 6.07) is 35.4. The van der Waals surface area contributed by atoms with Gasteiger partial charge in [0, 0.05) is 4.91 Å². The molecule has 0 radical (unpaired) electrons. The van der Waals surface area contributed by atoms with Crippen LogP contribution in [-0.2, 0) is 12.0 Å². The first-order chi connectivity index (χ1) is 14.3. The van der Waals surface area contributed by atoms with E-state index in [2.05, 4.69) is 70.7 Å². The second-order valence-corrected chi connectivity index (χ2v) is 7.38. The number of nitrogens with zero attached hydrogens (tertiary/aromatic N) is 3. The molecule has 4 aromatic rings. The zero-order valence-corrected chi connectivity index (χ0v) is 15.9. The highest BCUT2D eigenvalue weighted by atomic mass is 15.2. The molecule has 3 heteroatoms. The number of azide groups is 1. The van der Waals surface area contributed by atoms with Gasteiger partial charge < -0.3 is 0 Å². The Labute approximate surface area is 169 Å². The van der Waals surface area contributed by atoms with E-state index in [1.54, 1.807) is 0 Å². The van der Waals surface area contributed by atoms with Crippen molar-refractivity contribution in [2.24, 2.45) is 5.11 Å². The van der Waals surface area contributed by atoms with E-state index >= 15 is 0 Å². The average molecular weight is 373 g/mol. The van der Waals surface area contributed by atoms with Crippen LogP contribution in [-0.4, -0.2) is 0 Å². The number of hydrogen-bond acceptors (Lipinski definition) is 1. The highest BCUT2D eigenvalue weighted by Crippen LogP contribution is 2.51. The molecule has 4 aromatic carbocycles. The van der Waals surface area contributed by atoms with Crippen molar-refractivity contribution in [2.75, 3.05) is 0 Å². The summed E-state index contributed by atoms with van der Waals surface area (Å²) >= 11 is 0. The lowest BCUT2D eigenvalue weighted by molar-refractivity contribution is 0.546. The van der Waals surface area contributed by atoms with Gasteiger partial charge in [0.15, 0.2) is 0 Å². The topological polar surface area (TPSA) is 48.8 Å². The molecule has 0 saturated heterocycles. The van der Waals surface area contributed by atoms with E-state index < -0.39 is 5.54 Å². The third-order valence-electron chi connectivity index (χ3n) is 5.77. The maximum Gasteiger partial charge on any atom is 0.104 e. The van der Waals surface area contributed by atoms with Crippen LogP contribution in [0, 0.1) is 0 Å². The Morgan fingerprint density at radius 2 is 1.14 bits per heavy atom. The maximum atomic E-state index is 9.47. The van der Waals surface area contributed by atoms with Gasteiger partial charge in [0.1, 0.15) is 5.54 Å². The zero-order valence-electron chi connectivity index (χ0n) is 15.9. The van der Waals surface area contributed by atoms with Crippen LogP contribution in [0.15, 0.2) is 108 Å². The molecule has 0 bridgehead atoms. The first kappa shape index (κ1) is 17.3. The first-order valence-electron chi connectivity index (χ1n) is 9.72. The summed E-state index contributed by atoms with van der Waals surface area (Å²) in [7, 11) is 0. The predicted octanol–water partition coefficient (Wildman–Crippen LogP) is 7.13. The summed E-state index contributed by atoms with van der Waals surface area (Å²) in [5.41, 5.74) is 16.7. The third kappa shape index (κ3) is 2.80. The van der Waals surface area contributed by atoms with Crippen molar-refractivity contribution in [2.45, 2.75) is 12.0 Å². The second kappa shape index (κ2) is 6.97. The summed E-state index contributed by atoms with van der Waals surface area (Å²) < 4.78 is 0. The van der Waals surface area contributed by atoms with Gasteiger partial charge >= 0.3 is 0 Å². The summed E-state index contributed by atoms with van der Waals surface area (Å²) in [6.45, 7) is 0. The summed E-state index contributed by atoms with van der Waals surface area (Å²) in [6.07, 6.45) is 0.625. The van der Waals surface area contributed by atoms with Gasteiger partial charge in [-0.3, -0.25) is 0 Å². The van der Waals surface area contributed by atoms with Crippen molar-refractivity contribution in [3.05, 3.63) is 130 Å². The molecule has 0 heterocycles. The van der Waals surface area contributed by atoms with E-state index in [4.69, 9.17) is 0 Å². The van der Waals surface area contributed by atoms with Crippen LogP contribution in [0.3, 0.4) is 0 Å². The predicted molar refractivity (Wildman–Crippen MR) is 117 cm³/mol. The van der Waals surface area contributed by atoms with Crippen molar-refractivity contribution in [1.29, 1.82) is 0 Å². The van der Waals surface area contributed by atoms with E-state index in [1.807, 2.05) is 42.5 Å². The van der Waals surface area contributed by atoms with Gasteiger partial charge in [-0.15, -0.1) is 0 Å². The fourth-order valence-electron chi connectivity index (χ4n) is 4.45. The Morgan fingerprint density at radius 3 is 1.72 bits per heavy atom. The van der Waals surface area contributed by atoms with E-state index in [1.165, 1.54) is 11.1 Å². The van der Waals surface area contributed by atoms with Gasteiger partial charge in [0.25, 0.3) is 0 Å². The average Bonchev–Trinajstić information content (AvgIpc) is 3.06. The van der Waals surface area contributed by atoms with Gasteiger partial charge in [-0.1, -0.05) is 108 Å². The molecule has 0 atom stereocenters. The van der Waals surface area contributed by atoms with Crippen molar-refractivity contribution >= 4 is 0 Å². The minimum atomic E-state index is -0.726. The molecule has 1 aliphatic carbocycles. The molecule has 0 spiro atoms. The van der Waals surface area contributed by atoms with Crippen LogP contribution in [0.1, 0.15) is 16.7 Å². The Balaban J connectivity index is 1.61. The molecular formula is C26H19N3. The van der Waals surface area contributed by atoms with Crippen LogP contribution in [0.2, 0.25) is 0 Å². The van der Waals surface area contributed by atoms with E-state index in [9.17, 15) is 5.53 Å². The maximum absolute atomic E-state index is 9.47. The zero-order chi connectivity index (χ0) is 19.7. The van der Waals surface area contributed by atoms with E-state index in [0.29, 0.717) is 6.42 Å². The van der Waals surface area contributed by atoms with Crippen LogP contribution in [0.5, 0.6) is 0 Å². The SMILES string of the molecule is [N-]=[N+]=NC1(Cc2ccc(-c3ccccc3)cc2)c2ccccc2-c2ccccc21. The standard InChI is InChI=1S/C26H19N3/c27-29-28-26(18-19-14-16-21(17-15-19)20-8-2-1-3-9-20)24-12-6-4-10-22(24)23-11-5-7-13-25(23)26/h1-17H,18H2. The fraction of sp³-hybridized carbons (Fsp3) is 0.0769. The van der Waals surface area contributed by atoms with Crippen LogP contribution in [0.4, 0.5) is 0 Å². The quantitative estimate of drug-likeness (QED) is 0.207. The minimum Gasteiger partial charge on any atom is -0.0774 e. The van der Waals surface area contributed by atoms with Crippen molar-refractivity contribution in [3.63, 3.8) is 0 Å². The molecule has 0 N–H and O–H groups in total. The van der Waals surface area contributed by atoms with Gasteiger partial charge in [-0.2, -0.15) is 0 Å². The van der Waals surface area contributed by atoms with E-state index in [-0.39, 0.29) is 0 Å². The molecule has 138 valence electrons. The Morgan fingerprint density at radius 1 is 0.621 bits per heavy atom. The fourth-order valence-corrected chi connectivity index (χ4v) is 4.45. The highest BCUT2D eigenvalue weighted by Gasteiger charge is 2.42.